The van der Waals surface area contributed by atoms with Crippen molar-refractivity contribution in [3.05, 3.63) is 59.0 Å². The number of benzene rings is 1. The Bertz CT molecular complexity index is 807. The third kappa shape index (κ3) is 4.57. The van der Waals surface area contributed by atoms with Crippen LogP contribution in [0.5, 0.6) is 0 Å². The lowest BCUT2D eigenvalue weighted by Crippen LogP contribution is -2.41. The van der Waals surface area contributed by atoms with Crippen molar-refractivity contribution in [3.63, 3.8) is 0 Å². The monoisotopic (exact) mass is 389 g/mol. The number of esters is 1. The predicted molar refractivity (Wildman–Crippen MR) is 98.7 cm³/mol. The highest BCUT2D eigenvalue weighted by molar-refractivity contribution is 6.30. The zero-order valence-electron chi connectivity index (χ0n) is 14.9. The van der Waals surface area contributed by atoms with Crippen LogP contribution in [-0.2, 0) is 9.53 Å². The Hall–Kier alpha value is -2.60. The molecule has 2 heterocycles. The number of hydrogen-bond acceptors (Lipinski definition) is 5. The Morgan fingerprint density at radius 3 is 2.41 bits per heavy atom. The van der Waals surface area contributed by atoms with Crippen LogP contribution in [0.4, 0.5) is 0 Å². The minimum Gasteiger partial charge on any atom is -0.459 e. The van der Waals surface area contributed by atoms with Crippen LogP contribution in [0, 0.1) is 5.92 Å². The number of carbonyl (C=O) groups is 3. The number of ether oxygens (including phenoxy) is 1. The van der Waals surface area contributed by atoms with Gasteiger partial charge in [0.2, 0.25) is 5.78 Å². The number of likely N-dealkylation sites (tertiary alicyclic amines) is 1. The summed E-state index contributed by atoms with van der Waals surface area (Å²) in [5.74, 6) is -0.900. The molecule has 1 saturated heterocycles. The molecule has 1 aliphatic rings. The maximum absolute atomic E-state index is 12.4. The maximum atomic E-state index is 12.4. The fourth-order valence-corrected chi connectivity index (χ4v) is 3.17. The van der Waals surface area contributed by atoms with Crippen molar-refractivity contribution in [1.29, 1.82) is 0 Å². The van der Waals surface area contributed by atoms with E-state index in [0.717, 1.165) is 0 Å². The first-order valence-electron chi connectivity index (χ1n) is 8.78. The van der Waals surface area contributed by atoms with Crippen molar-refractivity contribution in [3.8, 4) is 0 Å². The van der Waals surface area contributed by atoms with Gasteiger partial charge in [-0.3, -0.25) is 14.4 Å². The Morgan fingerprint density at radius 2 is 1.81 bits per heavy atom. The topological polar surface area (TPSA) is 76.8 Å². The van der Waals surface area contributed by atoms with Gasteiger partial charge in [0.1, 0.15) is 0 Å². The fraction of sp³-hybridized carbons (Fsp3) is 0.350. The number of rotatable bonds is 5. The third-order valence-corrected chi connectivity index (χ3v) is 4.89. The van der Waals surface area contributed by atoms with E-state index in [4.69, 9.17) is 20.8 Å². The first kappa shape index (κ1) is 19.2. The first-order chi connectivity index (χ1) is 13.0. The molecule has 0 bridgehead atoms. The van der Waals surface area contributed by atoms with E-state index in [1.807, 2.05) is 0 Å². The lowest BCUT2D eigenvalue weighted by atomic mass is 9.96. The number of furan rings is 1. The number of nitrogens with zero attached hydrogens (tertiary/aromatic N) is 1. The molecule has 1 aliphatic heterocycles. The Kier molecular flexibility index (Phi) is 5.96. The van der Waals surface area contributed by atoms with Crippen molar-refractivity contribution in [2.24, 2.45) is 5.92 Å². The smallest absolute Gasteiger partial charge is 0.309 e. The Morgan fingerprint density at radius 1 is 1.15 bits per heavy atom. The molecule has 7 heteroatoms. The van der Waals surface area contributed by atoms with Crippen molar-refractivity contribution >= 4 is 29.3 Å². The van der Waals surface area contributed by atoms with Gasteiger partial charge in [0.05, 0.1) is 12.2 Å². The summed E-state index contributed by atoms with van der Waals surface area (Å²) in [6.07, 6.45) is 1.57. The summed E-state index contributed by atoms with van der Waals surface area (Å²) < 4.78 is 10.5. The van der Waals surface area contributed by atoms with Crippen LogP contribution < -0.4 is 0 Å². The van der Waals surface area contributed by atoms with Gasteiger partial charge in [-0.1, -0.05) is 11.6 Å². The van der Waals surface area contributed by atoms with Crippen molar-refractivity contribution in [2.75, 3.05) is 13.1 Å². The molecule has 27 heavy (non-hydrogen) atoms. The number of carbonyl (C=O) groups excluding carboxylic acids is 3. The van der Waals surface area contributed by atoms with Gasteiger partial charge >= 0.3 is 5.97 Å². The van der Waals surface area contributed by atoms with Crippen LogP contribution in [0.1, 0.15) is 40.7 Å². The second-order valence-corrected chi connectivity index (χ2v) is 6.93. The lowest BCUT2D eigenvalue weighted by Gasteiger charge is -2.30. The number of piperidine rings is 1. The highest BCUT2D eigenvalue weighted by atomic mass is 35.5. The number of hydrogen-bond donors (Lipinski definition) is 0. The zero-order chi connectivity index (χ0) is 19.4. The van der Waals surface area contributed by atoms with Crippen LogP contribution in [0.2, 0.25) is 5.02 Å². The molecule has 1 unspecified atom stereocenters. The van der Waals surface area contributed by atoms with E-state index in [1.165, 1.54) is 6.26 Å². The molecule has 0 radical (unpaired) electrons. The number of amides is 1. The standard InChI is InChI=1S/C20H20ClNO5/c1-13(18(23)14-4-6-16(21)7-5-14)27-20(25)15-8-10-22(11-9-15)19(24)17-3-2-12-26-17/h2-7,12-13,15H,8-11H2,1H3. The van der Waals surface area contributed by atoms with E-state index in [-0.39, 0.29) is 17.6 Å². The van der Waals surface area contributed by atoms with Crippen LogP contribution in [0.25, 0.3) is 0 Å². The van der Waals surface area contributed by atoms with Crippen LogP contribution in [-0.4, -0.2) is 41.8 Å². The van der Waals surface area contributed by atoms with Gasteiger partial charge in [-0.25, -0.2) is 0 Å². The quantitative estimate of drug-likeness (QED) is 0.576. The molecule has 0 spiro atoms. The van der Waals surface area contributed by atoms with E-state index in [9.17, 15) is 14.4 Å². The van der Waals surface area contributed by atoms with E-state index in [0.29, 0.717) is 42.3 Å². The second kappa shape index (κ2) is 8.39. The highest BCUT2D eigenvalue weighted by Crippen LogP contribution is 2.22. The van der Waals surface area contributed by atoms with Crippen LogP contribution in [0.15, 0.2) is 47.1 Å². The minimum atomic E-state index is -0.874. The molecule has 142 valence electrons. The van der Waals surface area contributed by atoms with Gasteiger partial charge in [0.25, 0.3) is 5.91 Å². The molecular weight excluding hydrogens is 370 g/mol. The molecule has 1 aromatic heterocycles. The van der Waals surface area contributed by atoms with Gasteiger partial charge in [0.15, 0.2) is 11.9 Å². The molecule has 0 N–H and O–H groups in total. The van der Waals surface area contributed by atoms with Gasteiger partial charge < -0.3 is 14.1 Å². The molecular formula is C20H20ClNO5. The van der Waals surface area contributed by atoms with E-state index in [2.05, 4.69) is 0 Å². The molecule has 1 atom stereocenters. The summed E-state index contributed by atoms with van der Waals surface area (Å²) in [6, 6.07) is 9.73. The largest absolute Gasteiger partial charge is 0.459 e. The molecule has 2 aromatic rings. The van der Waals surface area contributed by atoms with Crippen molar-refractivity contribution < 1.29 is 23.5 Å². The predicted octanol–water partition coefficient (Wildman–Crippen LogP) is 3.60. The molecule has 1 fully saturated rings. The lowest BCUT2D eigenvalue weighted by molar-refractivity contribution is -0.152. The highest BCUT2D eigenvalue weighted by Gasteiger charge is 2.31. The van der Waals surface area contributed by atoms with Gasteiger partial charge in [-0.2, -0.15) is 0 Å². The Labute approximate surface area is 162 Å². The van der Waals surface area contributed by atoms with Crippen molar-refractivity contribution in [2.45, 2.75) is 25.9 Å². The third-order valence-electron chi connectivity index (χ3n) is 4.64. The second-order valence-electron chi connectivity index (χ2n) is 6.49. The maximum Gasteiger partial charge on any atom is 0.309 e. The molecule has 6 nitrogen and oxygen atoms in total. The summed E-state index contributed by atoms with van der Waals surface area (Å²) in [4.78, 5) is 38.7. The SMILES string of the molecule is CC(OC(=O)C1CCN(C(=O)c2ccco2)CC1)C(=O)c1ccc(Cl)cc1. The summed E-state index contributed by atoms with van der Waals surface area (Å²) >= 11 is 5.82. The molecule has 1 amide bonds. The summed E-state index contributed by atoms with van der Waals surface area (Å²) in [5, 5.41) is 0.534. The average molecular weight is 390 g/mol. The summed E-state index contributed by atoms with van der Waals surface area (Å²) in [5.41, 5.74) is 0.443. The van der Waals surface area contributed by atoms with E-state index >= 15 is 0 Å². The molecule has 0 aliphatic carbocycles. The first-order valence-corrected chi connectivity index (χ1v) is 9.16. The van der Waals surface area contributed by atoms with Crippen molar-refractivity contribution in [1.82, 2.24) is 4.90 Å². The minimum absolute atomic E-state index is 0.182. The number of ketones is 1. The Balaban J connectivity index is 1.51. The summed E-state index contributed by atoms with van der Waals surface area (Å²) in [6.45, 7) is 2.45. The zero-order valence-corrected chi connectivity index (χ0v) is 15.6. The van der Waals surface area contributed by atoms with E-state index in [1.54, 1.807) is 48.2 Å². The summed E-state index contributed by atoms with van der Waals surface area (Å²) in [7, 11) is 0. The molecule has 1 aromatic carbocycles. The molecule has 3 rings (SSSR count). The van der Waals surface area contributed by atoms with Gasteiger partial charge in [0, 0.05) is 23.7 Å². The van der Waals surface area contributed by atoms with Crippen LogP contribution >= 0.6 is 11.6 Å². The normalized spacial score (nSPS) is 16.0. The van der Waals surface area contributed by atoms with Gasteiger partial charge in [-0.15, -0.1) is 0 Å². The molecule has 0 saturated carbocycles. The fourth-order valence-electron chi connectivity index (χ4n) is 3.05. The number of halogens is 1. The van der Waals surface area contributed by atoms with Crippen LogP contribution in [0.3, 0.4) is 0 Å². The van der Waals surface area contributed by atoms with Gasteiger partial charge in [-0.05, 0) is 56.2 Å². The average Bonchev–Trinajstić information content (AvgIpc) is 3.22. The van der Waals surface area contributed by atoms with E-state index < -0.39 is 12.1 Å². The number of Topliss-reactive ketones (excluding diaryl/α,β-unsaturated/α-hetero) is 1.